The molecule has 1 heterocycles. The average molecular weight is 301 g/mol. The van der Waals surface area contributed by atoms with E-state index in [1.165, 1.54) is 4.80 Å². The first kappa shape index (κ1) is 15.7. The number of amides is 1. The number of benzene rings is 1. The summed E-state index contributed by atoms with van der Waals surface area (Å²) in [7, 11) is 0. The first-order valence-electron chi connectivity index (χ1n) is 7.09. The van der Waals surface area contributed by atoms with E-state index in [9.17, 15) is 4.79 Å². The number of hydrogen-bond donors (Lipinski definition) is 1. The summed E-state index contributed by atoms with van der Waals surface area (Å²) in [6, 6.07) is 6.98. The van der Waals surface area contributed by atoms with Crippen molar-refractivity contribution in [3.8, 4) is 5.75 Å². The highest BCUT2D eigenvalue weighted by Crippen LogP contribution is 2.16. The Hall–Kier alpha value is -2.70. The van der Waals surface area contributed by atoms with Crippen LogP contribution in [0.2, 0.25) is 0 Å². The second-order valence-electron chi connectivity index (χ2n) is 4.78. The van der Waals surface area contributed by atoms with Crippen LogP contribution in [0, 0.1) is 0 Å². The topological polar surface area (TPSA) is 81.9 Å². The summed E-state index contributed by atoms with van der Waals surface area (Å²) in [6.07, 6.45) is 2.63. The molecule has 0 saturated heterocycles. The highest BCUT2D eigenvalue weighted by atomic mass is 16.5. The Bertz CT molecular complexity index is 653. The van der Waals surface area contributed by atoms with Gasteiger partial charge in [-0.25, -0.2) is 0 Å². The molecule has 0 aliphatic rings. The van der Waals surface area contributed by atoms with Crippen LogP contribution >= 0.6 is 0 Å². The number of tetrazole rings is 1. The molecular formula is C15H19N5O2. The van der Waals surface area contributed by atoms with Crippen LogP contribution in [0.3, 0.4) is 0 Å². The van der Waals surface area contributed by atoms with Crippen molar-refractivity contribution < 1.29 is 9.53 Å². The third-order valence-corrected chi connectivity index (χ3v) is 2.98. The number of carbonyl (C=O) groups is 1. The molecule has 7 nitrogen and oxygen atoms in total. The van der Waals surface area contributed by atoms with Crippen molar-refractivity contribution in [2.75, 3.05) is 5.32 Å². The van der Waals surface area contributed by atoms with Gasteiger partial charge in [0.1, 0.15) is 5.75 Å². The molecule has 2 rings (SSSR count). The normalized spacial score (nSPS) is 11.7. The second kappa shape index (κ2) is 7.35. The highest BCUT2D eigenvalue weighted by Gasteiger charge is 2.11. The first-order chi connectivity index (χ1) is 10.6. The van der Waals surface area contributed by atoms with Gasteiger partial charge < -0.3 is 4.74 Å². The monoisotopic (exact) mass is 301 g/mol. The predicted octanol–water partition coefficient (Wildman–Crippen LogP) is 2.29. The molecule has 1 atom stereocenters. The van der Waals surface area contributed by atoms with Crippen molar-refractivity contribution in [3.05, 3.63) is 42.5 Å². The number of rotatable bonds is 7. The standard InChI is InChI=1S/C15H19N5O2/c1-4-9-20-18-15(17-19-20)16-14(21)12-7-6-8-13(10-12)22-11(3)5-2/h4,6-8,10-11H,1,5,9H2,2-3H3,(H,16,18,21)/t11-/m1/s1. The Balaban J connectivity index is 2.05. The lowest BCUT2D eigenvalue weighted by atomic mass is 10.2. The summed E-state index contributed by atoms with van der Waals surface area (Å²) >= 11 is 0. The molecule has 7 heteroatoms. The fourth-order valence-electron chi connectivity index (χ4n) is 1.69. The zero-order valence-corrected chi connectivity index (χ0v) is 12.7. The molecule has 0 saturated carbocycles. The minimum Gasteiger partial charge on any atom is -0.491 e. The van der Waals surface area contributed by atoms with Gasteiger partial charge >= 0.3 is 0 Å². The second-order valence-corrected chi connectivity index (χ2v) is 4.78. The van der Waals surface area contributed by atoms with E-state index in [4.69, 9.17) is 4.74 Å². The van der Waals surface area contributed by atoms with Crippen LogP contribution in [-0.4, -0.2) is 32.2 Å². The number of nitrogens with one attached hydrogen (secondary N) is 1. The third-order valence-electron chi connectivity index (χ3n) is 2.98. The fraction of sp³-hybridized carbons (Fsp3) is 0.333. The summed E-state index contributed by atoms with van der Waals surface area (Å²) in [5.74, 6) is 0.498. The smallest absolute Gasteiger partial charge is 0.270 e. The molecule has 1 aromatic heterocycles. The lowest BCUT2D eigenvalue weighted by Gasteiger charge is -2.13. The summed E-state index contributed by atoms with van der Waals surface area (Å²) < 4.78 is 5.70. The zero-order chi connectivity index (χ0) is 15.9. The van der Waals surface area contributed by atoms with Crippen molar-refractivity contribution in [1.82, 2.24) is 20.2 Å². The summed E-state index contributed by atoms with van der Waals surface area (Å²) in [5, 5.41) is 14.1. The number of hydrogen-bond acceptors (Lipinski definition) is 5. The maximum Gasteiger partial charge on any atom is 0.270 e. The Morgan fingerprint density at radius 3 is 3.09 bits per heavy atom. The maximum absolute atomic E-state index is 12.2. The quantitative estimate of drug-likeness (QED) is 0.793. The van der Waals surface area contributed by atoms with Crippen LogP contribution in [-0.2, 0) is 6.54 Å². The molecule has 0 unspecified atom stereocenters. The largest absolute Gasteiger partial charge is 0.491 e. The molecule has 1 N–H and O–H groups in total. The summed E-state index contributed by atoms with van der Waals surface area (Å²) in [6.45, 7) is 8.04. The highest BCUT2D eigenvalue weighted by molar-refractivity contribution is 6.03. The van der Waals surface area contributed by atoms with Gasteiger partial charge in [0.2, 0.25) is 0 Å². The van der Waals surface area contributed by atoms with E-state index in [1.54, 1.807) is 24.3 Å². The number of nitrogens with zero attached hydrogens (tertiary/aromatic N) is 4. The molecule has 1 amide bonds. The lowest BCUT2D eigenvalue weighted by Crippen LogP contribution is -2.14. The molecule has 0 aliphatic heterocycles. The number of aromatic nitrogens is 4. The number of ether oxygens (including phenoxy) is 1. The van der Waals surface area contributed by atoms with Gasteiger partial charge in [0.05, 0.1) is 12.6 Å². The van der Waals surface area contributed by atoms with Crippen LogP contribution in [0.4, 0.5) is 5.95 Å². The lowest BCUT2D eigenvalue weighted by molar-refractivity contribution is 0.102. The molecule has 0 spiro atoms. The minimum atomic E-state index is -0.312. The van der Waals surface area contributed by atoms with Gasteiger partial charge in [0, 0.05) is 5.56 Å². The molecule has 0 radical (unpaired) electrons. The third kappa shape index (κ3) is 4.15. The van der Waals surface area contributed by atoms with E-state index >= 15 is 0 Å². The van der Waals surface area contributed by atoms with Gasteiger partial charge in [0.25, 0.3) is 11.9 Å². The molecule has 1 aromatic carbocycles. The first-order valence-corrected chi connectivity index (χ1v) is 7.09. The van der Waals surface area contributed by atoms with Gasteiger partial charge in [-0.05, 0) is 36.8 Å². The van der Waals surface area contributed by atoms with Crippen molar-refractivity contribution in [2.45, 2.75) is 32.9 Å². The number of carbonyl (C=O) groups excluding carboxylic acids is 1. The number of anilines is 1. The van der Waals surface area contributed by atoms with Crippen LogP contribution in [0.1, 0.15) is 30.6 Å². The molecule has 2 aromatic rings. The van der Waals surface area contributed by atoms with Crippen LogP contribution in [0.15, 0.2) is 36.9 Å². The van der Waals surface area contributed by atoms with E-state index < -0.39 is 0 Å². The Kier molecular flexibility index (Phi) is 5.24. The Morgan fingerprint density at radius 1 is 1.55 bits per heavy atom. The molecule has 22 heavy (non-hydrogen) atoms. The van der Waals surface area contributed by atoms with Gasteiger partial charge in [-0.3, -0.25) is 10.1 Å². The van der Waals surface area contributed by atoms with Crippen molar-refractivity contribution in [2.24, 2.45) is 0 Å². The Morgan fingerprint density at radius 2 is 2.36 bits per heavy atom. The van der Waals surface area contributed by atoms with E-state index in [0.29, 0.717) is 17.9 Å². The average Bonchev–Trinajstić information content (AvgIpc) is 2.95. The van der Waals surface area contributed by atoms with Crippen LogP contribution < -0.4 is 10.1 Å². The van der Waals surface area contributed by atoms with Crippen LogP contribution in [0.5, 0.6) is 5.75 Å². The molecule has 0 aliphatic carbocycles. The van der Waals surface area contributed by atoms with E-state index in [1.807, 2.05) is 19.9 Å². The summed E-state index contributed by atoms with van der Waals surface area (Å²) in [5.41, 5.74) is 0.473. The summed E-state index contributed by atoms with van der Waals surface area (Å²) in [4.78, 5) is 13.5. The van der Waals surface area contributed by atoms with E-state index in [2.05, 4.69) is 27.3 Å². The van der Waals surface area contributed by atoms with Crippen molar-refractivity contribution >= 4 is 11.9 Å². The van der Waals surface area contributed by atoms with Gasteiger partial charge in [-0.2, -0.15) is 4.80 Å². The zero-order valence-electron chi connectivity index (χ0n) is 12.7. The van der Waals surface area contributed by atoms with E-state index in [-0.39, 0.29) is 18.0 Å². The molecule has 0 fully saturated rings. The van der Waals surface area contributed by atoms with Gasteiger partial charge in [0.15, 0.2) is 0 Å². The SMILES string of the molecule is C=CCn1nnc(NC(=O)c2cccc(O[C@H](C)CC)c2)n1. The molecule has 0 bridgehead atoms. The van der Waals surface area contributed by atoms with E-state index in [0.717, 1.165) is 6.42 Å². The molecular weight excluding hydrogens is 282 g/mol. The van der Waals surface area contributed by atoms with Crippen molar-refractivity contribution in [3.63, 3.8) is 0 Å². The Labute approximate surface area is 129 Å². The number of allylic oxidation sites excluding steroid dienone is 1. The van der Waals surface area contributed by atoms with Gasteiger partial charge in [-0.1, -0.05) is 24.2 Å². The van der Waals surface area contributed by atoms with Gasteiger partial charge in [-0.15, -0.1) is 11.7 Å². The molecule has 116 valence electrons. The fourth-order valence-corrected chi connectivity index (χ4v) is 1.69. The van der Waals surface area contributed by atoms with Crippen molar-refractivity contribution in [1.29, 1.82) is 0 Å². The maximum atomic E-state index is 12.2. The minimum absolute atomic E-state index is 0.0961. The predicted molar refractivity (Wildman–Crippen MR) is 82.8 cm³/mol. The van der Waals surface area contributed by atoms with Crippen LogP contribution in [0.25, 0.3) is 0 Å².